The van der Waals surface area contributed by atoms with Crippen LogP contribution in [0, 0.1) is 6.92 Å². The second kappa shape index (κ2) is 6.91. The molecule has 5 heteroatoms. The molecule has 24 heavy (non-hydrogen) atoms. The summed E-state index contributed by atoms with van der Waals surface area (Å²) in [6.45, 7) is 6.14. The third kappa shape index (κ3) is 3.20. The van der Waals surface area contributed by atoms with Gasteiger partial charge in [0.25, 0.3) is 0 Å². The first-order chi connectivity index (χ1) is 11.6. The van der Waals surface area contributed by atoms with E-state index in [2.05, 4.69) is 17.9 Å². The largest absolute Gasteiger partial charge is 0.463 e. The van der Waals surface area contributed by atoms with Crippen molar-refractivity contribution in [3.8, 4) is 11.3 Å². The lowest BCUT2D eigenvalue weighted by molar-refractivity contribution is 0.0522. The summed E-state index contributed by atoms with van der Waals surface area (Å²) in [7, 11) is 0. The first-order valence-electron chi connectivity index (χ1n) is 8.26. The zero-order valence-corrected chi connectivity index (χ0v) is 14.0. The first-order valence-corrected chi connectivity index (χ1v) is 8.26. The Morgan fingerprint density at radius 1 is 1.25 bits per heavy atom. The number of hydrogen-bond donors (Lipinski definition) is 0. The van der Waals surface area contributed by atoms with Crippen molar-refractivity contribution in [2.24, 2.45) is 0 Å². The lowest BCUT2D eigenvalue weighted by atomic mass is 10.1. The SMILES string of the molecule is CCOC(=O)c1coc(-c2ccc(N3CCCC3)c(C)c2)cc1=O. The summed E-state index contributed by atoms with van der Waals surface area (Å²) in [6, 6.07) is 7.37. The van der Waals surface area contributed by atoms with Crippen LogP contribution >= 0.6 is 0 Å². The third-order valence-electron chi connectivity index (χ3n) is 4.25. The Balaban J connectivity index is 1.89. The first kappa shape index (κ1) is 16.3. The van der Waals surface area contributed by atoms with Crippen molar-refractivity contribution in [2.75, 3.05) is 24.6 Å². The molecule has 0 bridgehead atoms. The quantitative estimate of drug-likeness (QED) is 0.806. The second-order valence-electron chi connectivity index (χ2n) is 5.94. The van der Waals surface area contributed by atoms with Crippen LogP contribution in [0.2, 0.25) is 0 Å². The predicted octanol–water partition coefficient (Wildman–Crippen LogP) is 3.39. The lowest BCUT2D eigenvalue weighted by Gasteiger charge is -2.20. The molecule has 1 aliphatic heterocycles. The van der Waals surface area contributed by atoms with Gasteiger partial charge in [0.2, 0.25) is 0 Å². The van der Waals surface area contributed by atoms with Crippen LogP contribution < -0.4 is 10.3 Å². The summed E-state index contributed by atoms with van der Waals surface area (Å²) >= 11 is 0. The average Bonchev–Trinajstić information content (AvgIpc) is 3.09. The minimum absolute atomic E-state index is 0.0778. The minimum atomic E-state index is -0.654. The van der Waals surface area contributed by atoms with Gasteiger partial charge in [-0.2, -0.15) is 0 Å². The number of nitrogens with zero attached hydrogens (tertiary/aromatic N) is 1. The number of hydrogen-bond acceptors (Lipinski definition) is 5. The predicted molar refractivity (Wildman–Crippen MR) is 92.6 cm³/mol. The van der Waals surface area contributed by atoms with Crippen molar-refractivity contribution in [3.63, 3.8) is 0 Å². The summed E-state index contributed by atoms with van der Waals surface area (Å²) in [5, 5.41) is 0. The van der Waals surface area contributed by atoms with Crippen molar-refractivity contribution < 1.29 is 13.9 Å². The van der Waals surface area contributed by atoms with Crippen molar-refractivity contribution in [2.45, 2.75) is 26.7 Å². The highest BCUT2D eigenvalue weighted by molar-refractivity contribution is 5.89. The molecule has 0 spiro atoms. The lowest BCUT2D eigenvalue weighted by Crippen LogP contribution is -2.18. The molecule has 2 heterocycles. The molecule has 0 unspecified atom stereocenters. The Morgan fingerprint density at radius 3 is 2.62 bits per heavy atom. The molecular formula is C19H21NO4. The standard InChI is InChI=1S/C19H21NO4/c1-3-23-19(22)15-12-24-18(11-17(15)21)14-6-7-16(13(2)10-14)20-8-4-5-9-20/h6-7,10-12H,3-5,8-9H2,1-2H3. The van der Waals surface area contributed by atoms with Crippen LogP contribution in [0.15, 0.2) is 39.7 Å². The number of anilines is 1. The monoisotopic (exact) mass is 327 g/mol. The number of esters is 1. The van der Waals surface area contributed by atoms with Crippen LogP contribution in [-0.4, -0.2) is 25.7 Å². The Labute approximate surface area is 140 Å². The minimum Gasteiger partial charge on any atom is -0.463 e. The smallest absolute Gasteiger partial charge is 0.345 e. The molecular weight excluding hydrogens is 306 g/mol. The van der Waals surface area contributed by atoms with E-state index in [1.165, 1.54) is 30.9 Å². The fourth-order valence-corrected chi connectivity index (χ4v) is 3.04. The number of ether oxygens (including phenoxy) is 1. The molecule has 1 aromatic heterocycles. The topological polar surface area (TPSA) is 59.8 Å². The Morgan fingerprint density at radius 2 is 2.00 bits per heavy atom. The van der Waals surface area contributed by atoms with Crippen molar-refractivity contribution >= 4 is 11.7 Å². The van der Waals surface area contributed by atoms with E-state index >= 15 is 0 Å². The summed E-state index contributed by atoms with van der Waals surface area (Å²) in [6.07, 6.45) is 3.64. The van der Waals surface area contributed by atoms with Crippen LogP contribution in [0.3, 0.4) is 0 Å². The van der Waals surface area contributed by atoms with E-state index < -0.39 is 11.4 Å². The van der Waals surface area contributed by atoms with Crippen molar-refractivity contribution in [1.82, 2.24) is 0 Å². The van der Waals surface area contributed by atoms with Gasteiger partial charge in [-0.15, -0.1) is 0 Å². The molecule has 0 radical (unpaired) electrons. The molecule has 0 amide bonds. The van der Waals surface area contributed by atoms with Gasteiger partial charge >= 0.3 is 5.97 Å². The van der Waals surface area contributed by atoms with Crippen LogP contribution in [-0.2, 0) is 4.74 Å². The number of aryl methyl sites for hydroxylation is 1. The van der Waals surface area contributed by atoms with Crippen molar-refractivity contribution in [1.29, 1.82) is 0 Å². The van der Waals surface area contributed by atoms with E-state index in [0.717, 1.165) is 24.2 Å². The molecule has 0 saturated carbocycles. The number of carbonyl (C=O) groups is 1. The summed E-state index contributed by atoms with van der Waals surface area (Å²) < 4.78 is 10.3. The van der Waals surface area contributed by atoms with Gasteiger partial charge in [-0.05, 0) is 50.5 Å². The third-order valence-corrected chi connectivity index (χ3v) is 4.25. The fraction of sp³-hybridized carbons (Fsp3) is 0.368. The normalized spacial score (nSPS) is 14.0. The van der Waals surface area contributed by atoms with Gasteiger partial charge in [0, 0.05) is 30.4 Å². The Hall–Kier alpha value is -2.56. The summed E-state index contributed by atoms with van der Waals surface area (Å²) in [4.78, 5) is 26.2. The Kier molecular flexibility index (Phi) is 4.69. The highest BCUT2D eigenvalue weighted by Gasteiger charge is 2.17. The van der Waals surface area contributed by atoms with Gasteiger partial charge in [-0.3, -0.25) is 4.79 Å². The molecule has 126 valence electrons. The maximum absolute atomic E-state index is 12.1. The zero-order valence-electron chi connectivity index (χ0n) is 14.0. The van der Waals surface area contributed by atoms with Crippen LogP contribution in [0.4, 0.5) is 5.69 Å². The van der Waals surface area contributed by atoms with Gasteiger partial charge in [-0.1, -0.05) is 0 Å². The molecule has 5 nitrogen and oxygen atoms in total. The van der Waals surface area contributed by atoms with E-state index in [9.17, 15) is 9.59 Å². The van der Waals surface area contributed by atoms with E-state index in [4.69, 9.17) is 9.15 Å². The molecule has 0 aliphatic carbocycles. The maximum Gasteiger partial charge on any atom is 0.345 e. The average molecular weight is 327 g/mol. The Bertz CT molecular complexity index is 803. The number of carbonyl (C=O) groups excluding carboxylic acids is 1. The molecule has 2 aromatic rings. The molecule has 1 aromatic carbocycles. The number of rotatable bonds is 4. The van der Waals surface area contributed by atoms with Crippen LogP contribution in [0.5, 0.6) is 0 Å². The van der Waals surface area contributed by atoms with E-state index in [0.29, 0.717) is 5.76 Å². The van der Waals surface area contributed by atoms with E-state index in [1.807, 2.05) is 12.1 Å². The van der Waals surface area contributed by atoms with E-state index in [-0.39, 0.29) is 12.2 Å². The summed E-state index contributed by atoms with van der Waals surface area (Å²) in [5.41, 5.74) is 2.72. The van der Waals surface area contributed by atoms with Gasteiger partial charge in [0.15, 0.2) is 5.43 Å². The van der Waals surface area contributed by atoms with Gasteiger partial charge < -0.3 is 14.1 Å². The molecule has 1 fully saturated rings. The molecule has 1 saturated heterocycles. The molecule has 0 atom stereocenters. The highest BCUT2D eigenvalue weighted by Crippen LogP contribution is 2.28. The van der Waals surface area contributed by atoms with Gasteiger partial charge in [0.05, 0.1) is 6.61 Å². The fourth-order valence-electron chi connectivity index (χ4n) is 3.04. The van der Waals surface area contributed by atoms with Gasteiger partial charge in [-0.25, -0.2) is 4.79 Å². The van der Waals surface area contributed by atoms with Crippen molar-refractivity contribution in [3.05, 3.63) is 51.9 Å². The second-order valence-corrected chi connectivity index (χ2v) is 5.94. The highest BCUT2D eigenvalue weighted by atomic mass is 16.5. The van der Waals surface area contributed by atoms with Crippen LogP contribution in [0.1, 0.15) is 35.7 Å². The molecule has 1 aliphatic rings. The number of benzene rings is 1. The van der Waals surface area contributed by atoms with Crippen LogP contribution in [0.25, 0.3) is 11.3 Å². The summed E-state index contributed by atoms with van der Waals surface area (Å²) in [5.74, 6) is -0.206. The molecule has 0 N–H and O–H groups in total. The zero-order chi connectivity index (χ0) is 17.1. The van der Waals surface area contributed by atoms with E-state index in [1.54, 1.807) is 6.92 Å². The van der Waals surface area contributed by atoms with Gasteiger partial charge in [0.1, 0.15) is 17.6 Å². The maximum atomic E-state index is 12.1. The molecule has 3 rings (SSSR count).